The minimum Gasteiger partial charge on any atom is -0.489 e. The van der Waals surface area contributed by atoms with Gasteiger partial charge in [0.25, 0.3) is 0 Å². The molecule has 1 amide bonds. The van der Waals surface area contributed by atoms with Crippen LogP contribution in [0.3, 0.4) is 0 Å². The van der Waals surface area contributed by atoms with Crippen molar-refractivity contribution in [3.63, 3.8) is 0 Å². The number of ether oxygens (including phenoxy) is 1. The first-order valence-electron chi connectivity index (χ1n) is 9.49. The maximum absolute atomic E-state index is 12.4. The van der Waals surface area contributed by atoms with Gasteiger partial charge < -0.3 is 15.4 Å². The van der Waals surface area contributed by atoms with E-state index in [1.807, 2.05) is 42.5 Å². The third-order valence-corrected chi connectivity index (χ3v) is 5.74. The Morgan fingerprint density at radius 3 is 2.44 bits per heavy atom. The molecule has 144 valence electrons. The third-order valence-electron chi connectivity index (χ3n) is 5.74. The Hall–Kier alpha value is -2.04. The van der Waals surface area contributed by atoms with Crippen LogP contribution in [0.2, 0.25) is 0 Å². The Labute approximate surface area is 167 Å². The van der Waals surface area contributed by atoms with E-state index < -0.39 is 0 Å². The van der Waals surface area contributed by atoms with Gasteiger partial charge in [0, 0.05) is 12.5 Å². The van der Waals surface area contributed by atoms with Crippen LogP contribution in [0.1, 0.15) is 30.4 Å². The number of nitrogens with one attached hydrogen (secondary N) is 2. The SMILES string of the molecule is Cl.O=C(NCc1ccc(OCc2ccccc2)cc1)C1CC12CCNCC2. The summed E-state index contributed by atoms with van der Waals surface area (Å²) in [6.45, 7) is 3.25. The number of hydrogen-bond donors (Lipinski definition) is 2. The van der Waals surface area contributed by atoms with Gasteiger partial charge in [0.2, 0.25) is 5.91 Å². The van der Waals surface area contributed by atoms with Crippen LogP contribution in [0.4, 0.5) is 0 Å². The maximum atomic E-state index is 12.4. The van der Waals surface area contributed by atoms with Crippen LogP contribution >= 0.6 is 12.4 Å². The highest BCUT2D eigenvalue weighted by molar-refractivity contribution is 5.85. The lowest BCUT2D eigenvalue weighted by Crippen LogP contribution is -2.33. The van der Waals surface area contributed by atoms with E-state index in [2.05, 4.69) is 22.8 Å². The van der Waals surface area contributed by atoms with Gasteiger partial charge in [-0.05, 0) is 61.0 Å². The van der Waals surface area contributed by atoms with E-state index in [0.29, 0.717) is 18.6 Å². The van der Waals surface area contributed by atoms with E-state index in [4.69, 9.17) is 4.74 Å². The molecule has 5 heteroatoms. The summed E-state index contributed by atoms with van der Waals surface area (Å²) in [6, 6.07) is 18.1. The molecule has 2 fully saturated rings. The minimum atomic E-state index is 0. The monoisotopic (exact) mass is 386 g/mol. The van der Waals surface area contributed by atoms with E-state index in [9.17, 15) is 4.79 Å². The summed E-state index contributed by atoms with van der Waals surface area (Å²) in [5.74, 6) is 1.29. The third kappa shape index (κ3) is 4.82. The number of benzene rings is 2. The van der Waals surface area contributed by atoms with Gasteiger partial charge in [0.05, 0.1) is 0 Å². The lowest BCUT2D eigenvalue weighted by molar-refractivity contribution is -0.123. The van der Waals surface area contributed by atoms with Gasteiger partial charge in [-0.25, -0.2) is 0 Å². The smallest absolute Gasteiger partial charge is 0.223 e. The number of hydrogen-bond acceptors (Lipinski definition) is 3. The van der Waals surface area contributed by atoms with Gasteiger partial charge in [0.15, 0.2) is 0 Å². The maximum Gasteiger partial charge on any atom is 0.223 e. The predicted octanol–water partition coefficient (Wildman–Crippen LogP) is 3.69. The second kappa shape index (κ2) is 8.77. The van der Waals surface area contributed by atoms with E-state index in [0.717, 1.165) is 49.2 Å². The molecule has 4 nitrogen and oxygen atoms in total. The molecule has 1 aliphatic heterocycles. The first-order chi connectivity index (χ1) is 12.8. The topological polar surface area (TPSA) is 50.4 Å². The fourth-order valence-corrected chi connectivity index (χ4v) is 3.95. The molecule has 0 radical (unpaired) electrons. The highest BCUT2D eigenvalue weighted by Gasteiger charge is 2.57. The normalized spacial score (nSPS) is 19.8. The van der Waals surface area contributed by atoms with Crippen LogP contribution in [-0.2, 0) is 17.9 Å². The Morgan fingerprint density at radius 1 is 1.04 bits per heavy atom. The fourth-order valence-electron chi connectivity index (χ4n) is 3.95. The second-order valence-electron chi connectivity index (χ2n) is 7.51. The van der Waals surface area contributed by atoms with Gasteiger partial charge in [-0.3, -0.25) is 4.79 Å². The number of carbonyl (C=O) groups excluding carboxylic acids is 1. The molecule has 1 saturated carbocycles. The standard InChI is InChI=1S/C22H26N2O2.ClH/c25-21(20-14-22(20)10-12-23-13-11-22)24-15-17-6-8-19(9-7-17)26-16-18-4-2-1-3-5-18;/h1-9,20,23H,10-16H2,(H,24,25);1H. The summed E-state index contributed by atoms with van der Waals surface area (Å²) in [6.07, 6.45) is 3.34. The molecule has 1 spiro atoms. The molecule has 1 atom stereocenters. The average Bonchev–Trinajstić information content (AvgIpc) is 3.39. The predicted molar refractivity (Wildman–Crippen MR) is 109 cm³/mol. The number of carbonyl (C=O) groups is 1. The number of piperidine rings is 1. The fraction of sp³-hybridized carbons (Fsp3) is 0.409. The van der Waals surface area contributed by atoms with Gasteiger partial charge in [-0.2, -0.15) is 0 Å². The Kier molecular flexibility index (Phi) is 6.40. The van der Waals surface area contributed by atoms with Crippen LogP contribution in [0.5, 0.6) is 5.75 Å². The summed E-state index contributed by atoms with van der Waals surface area (Å²) >= 11 is 0. The summed E-state index contributed by atoms with van der Waals surface area (Å²) in [5.41, 5.74) is 2.55. The van der Waals surface area contributed by atoms with Crippen molar-refractivity contribution >= 4 is 18.3 Å². The average molecular weight is 387 g/mol. The Morgan fingerprint density at radius 2 is 1.74 bits per heavy atom. The molecule has 1 aliphatic carbocycles. The van der Waals surface area contributed by atoms with Crippen LogP contribution in [0.25, 0.3) is 0 Å². The minimum absolute atomic E-state index is 0. The molecule has 1 heterocycles. The molecule has 1 unspecified atom stereocenters. The molecular weight excluding hydrogens is 360 g/mol. The lowest BCUT2D eigenvalue weighted by atomic mass is 9.92. The first kappa shape index (κ1) is 19.7. The zero-order valence-corrected chi connectivity index (χ0v) is 16.3. The number of rotatable bonds is 6. The zero-order valence-electron chi connectivity index (χ0n) is 15.4. The van der Waals surface area contributed by atoms with E-state index in [1.54, 1.807) is 0 Å². The van der Waals surface area contributed by atoms with E-state index in [1.165, 1.54) is 0 Å². The van der Waals surface area contributed by atoms with Crippen molar-refractivity contribution in [2.24, 2.45) is 11.3 Å². The van der Waals surface area contributed by atoms with Gasteiger partial charge in [0.1, 0.15) is 12.4 Å². The lowest BCUT2D eigenvalue weighted by Gasteiger charge is -2.23. The molecule has 0 aromatic heterocycles. The quantitative estimate of drug-likeness (QED) is 0.796. The van der Waals surface area contributed by atoms with E-state index in [-0.39, 0.29) is 24.2 Å². The highest BCUT2D eigenvalue weighted by atomic mass is 35.5. The molecule has 1 saturated heterocycles. The van der Waals surface area contributed by atoms with Gasteiger partial charge in [-0.15, -0.1) is 12.4 Å². The van der Waals surface area contributed by atoms with Gasteiger partial charge >= 0.3 is 0 Å². The molecule has 0 bridgehead atoms. The van der Waals surface area contributed by atoms with Crippen LogP contribution in [-0.4, -0.2) is 19.0 Å². The zero-order chi connectivity index (χ0) is 17.8. The van der Waals surface area contributed by atoms with Crippen molar-refractivity contribution in [3.05, 3.63) is 65.7 Å². The van der Waals surface area contributed by atoms with Crippen molar-refractivity contribution in [3.8, 4) is 5.75 Å². The molecule has 2 aliphatic rings. The summed E-state index contributed by atoms with van der Waals surface area (Å²) in [5, 5.41) is 6.49. The van der Waals surface area contributed by atoms with Crippen LogP contribution in [0.15, 0.2) is 54.6 Å². The summed E-state index contributed by atoms with van der Waals surface area (Å²) in [4.78, 5) is 12.4. The van der Waals surface area contributed by atoms with Crippen molar-refractivity contribution in [1.82, 2.24) is 10.6 Å². The molecule has 4 rings (SSSR count). The molecule has 27 heavy (non-hydrogen) atoms. The molecule has 2 aromatic carbocycles. The second-order valence-corrected chi connectivity index (χ2v) is 7.51. The highest BCUT2D eigenvalue weighted by Crippen LogP contribution is 2.58. The Balaban J connectivity index is 0.00000210. The van der Waals surface area contributed by atoms with Crippen molar-refractivity contribution in [2.75, 3.05) is 13.1 Å². The van der Waals surface area contributed by atoms with Crippen molar-refractivity contribution in [2.45, 2.75) is 32.4 Å². The van der Waals surface area contributed by atoms with Gasteiger partial charge in [-0.1, -0.05) is 42.5 Å². The summed E-state index contributed by atoms with van der Waals surface area (Å²) in [7, 11) is 0. The number of halogens is 1. The molecule has 2 N–H and O–H groups in total. The van der Waals surface area contributed by atoms with Crippen molar-refractivity contribution < 1.29 is 9.53 Å². The molecule has 2 aromatic rings. The largest absolute Gasteiger partial charge is 0.489 e. The Bertz CT molecular complexity index is 743. The summed E-state index contributed by atoms with van der Waals surface area (Å²) < 4.78 is 5.80. The first-order valence-corrected chi connectivity index (χ1v) is 9.49. The van der Waals surface area contributed by atoms with Crippen LogP contribution in [0, 0.1) is 11.3 Å². The van der Waals surface area contributed by atoms with Crippen molar-refractivity contribution in [1.29, 1.82) is 0 Å². The van der Waals surface area contributed by atoms with Crippen LogP contribution < -0.4 is 15.4 Å². The number of amides is 1. The molecular formula is C22H27ClN2O2. The van der Waals surface area contributed by atoms with E-state index >= 15 is 0 Å².